The first-order valence-corrected chi connectivity index (χ1v) is 4.33. The molecule has 78 valence electrons. The molecule has 1 atom stereocenters. The van der Waals surface area contributed by atoms with Crippen molar-refractivity contribution in [3.8, 4) is 0 Å². The van der Waals surface area contributed by atoms with E-state index in [0.29, 0.717) is 5.69 Å². The van der Waals surface area contributed by atoms with Crippen LogP contribution in [-0.2, 0) is 11.8 Å². The van der Waals surface area contributed by atoms with Crippen molar-refractivity contribution in [2.75, 3.05) is 14.1 Å². The zero-order valence-corrected chi connectivity index (χ0v) is 8.85. The summed E-state index contributed by atoms with van der Waals surface area (Å²) in [6.07, 6.45) is 0. The van der Waals surface area contributed by atoms with Gasteiger partial charge < -0.3 is 5.11 Å². The standard InChI is InChI=1S/C9H15N3O2/c1-6-5-7(10-12(6)4)8(9(13)14)11(2)3/h5,8H,1-4H3,(H,13,14). The number of aryl methyl sites for hydroxylation is 2. The van der Waals surface area contributed by atoms with Crippen LogP contribution in [0.2, 0.25) is 0 Å². The molecule has 5 heteroatoms. The van der Waals surface area contributed by atoms with Crippen LogP contribution in [0.1, 0.15) is 17.4 Å². The van der Waals surface area contributed by atoms with Gasteiger partial charge in [0, 0.05) is 12.7 Å². The van der Waals surface area contributed by atoms with Crippen molar-refractivity contribution in [3.63, 3.8) is 0 Å². The molecule has 0 bridgehead atoms. The van der Waals surface area contributed by atoms with Gasteiger partial charge in [-0.2, -0.15) is 5.10 Å². The molecule has 0 fully saturated rings. The van der Waals surface area contributed by atoms with Crippen LogP contribution < -0.4 is 0 Å². The quantitative estimate of drug-likeness (QED) is 0.762. The minimum atomic E-state index is -0.881. The van der Waals surface area contributed by atoms with Gasteiger partial charge in [0.2, 0.25) is 0 Å². The number of aromatic nitrogens is 2. The Bertz CT molecular complexity index is 324. The molecule has 1 rings (SSSR count). The molecule has 5 nitrogen and oxygen atoms in total. The van der Waals surface area contributed by atoms with Crippen molar-refractivity contribution in [2.24, 2.45) is 7.05 Å². The maximum atomic E-state index is 11.0. The maximum Gasteiger partial charge on any atom is 0.327 e. The van der Waals surface area contributed by atoms with E-state index in [-0.39, 0.29) is 0 Å². The molecule has 0 amide bonds. The Morgan fingerprint density at radius 1 is 1.64 bits per heavy atom. The Labute approximate surface area is 82.9 Å². The van der Waals surface area contributed by atoms with Gasteiger partial charge in [0.05, 0.1) is 5.69 Å². The van der Waals surface area contributed by atoms with Gasteiger partial charge in [0.1, 0.15) is 0 Å². The van der Waals surface area contributed by atoms with Crippen molar-refractivity contribution >= 4 is 5.97 Å². The second-order valence-electron chi connectivity index (χ2n) is 3.54. The van der Waals surface area contributed by atoms with E-state index in [0.717, 1.165) is 5.69 Å². The van der Waals surface area contributed by atoms with Gasteiger partial charge in [-0.05, 0) is 27.1 Å². The first-order valence-electron chi connectivity index (χ1n) is 4.33. The summed E-state index contributed by atoms with van der Waals surface area (Å²) in [4.78, 5) is 12.6. The second kappa shape index (κ2) is 3.79. The van der Waals surface area contributed by atoms with E-state index in [1.165, 1.54) is 0 Å². The predicted octanol–water partition coefficient (Wildman–Crippen LogP) is 0.416. The Hall–Kier alpha value is -1.36. The van der Waals surface area contributed by atoms with E-state index in [1.54, 1.807) is 36.8 Å². The normalized spacial score (nSPS) is 13.2. The lowest BCUT2D eigenvalue weighted by atomic mass is 10.2. The van der Waals surface area contributed by atoms with Crippen molar-refractivity contribution in [2.45, 2.75) is 13.0 Å². The molecule has 0 aliphatic heterocycles. The molecular weight excluding hydrogens is 182 g/mol. The molecule has 0 aliphatic rings. The summed E-state index contributed by atoms with van der Waals surface area (Å²) in [7, 11) is 5.25. The zero-order valence-electron chi connectivity index (χ0n) is 8.85. The largest absolute Gasteiger partial charge is 0.480 e. The number of hydrogen-bond acceptors (Lipinski definition) is 3. The average molecular weight is 197 g/mol. The molecule has 14 heavy (non-hydrogen) atoms. The summed E-state index contributed by atoms with van der Waals surface area (Å²) >= 11 is 0. The summed E-state index contributed by atoms with van der Waals surface area (Å²) in [5, 5.41) is 13.2. The monoisotopic (exact) mass is 197 g/mol. The van der Waals surface area contributed by atoms with Gasteiger partial charge >= 0.3 is 5.97 Å². The molecule has 0 radical (unpaired) electrons. The minimum Gasteiger partial charge on any atom is -0.480 e. The lowest BCUT2D eigenvalue weighted by Gasteiger charge is -2.17. The van der Waals surface area contributed by atoms with E-state index in [1.807, 2.05) is 6.92 Å². The highest BCUT2D eigenvalue weighted by atomic mass is 16.4. The SMILES string of the molecule is Cc1cc(C(C(=O)O)N(C)C)nn1C. The first kappa shape index (κ1) is 10.7. The number of carboxylic acids is 1. The third kappa shape index (κ3) is 1.93. The van der Waals surface area contributed by atoms with Crippen molar-refractivity contribution < 1.29 is 9.90 Å². The zero-order chi connectivity index (χ0) is 10.9. The van der Waals surface area contributed by atoms with E-state index < -0.39 is 12.0 Å². The van der Waals surface area contributed by atoms with Gasteiger partial charge in [-0.25, -0.2) is 0 Å². The van der Waals surface area contributed by atoms with Gasteiger partial charge in [-0.15, -0.1) is 0 Å². The minimum absolute atomic E-state index is 0.572. The van der Waals surface area contributed by atoms with Crippen LogP contribution in [0.25, 0.3) is 0 Å². The molecule has 0 aromatic carbocycles. The Morgan fingerprint density at radius 2 is 2.21 bits per heavy atom. The molecule has 1 heterocycles. The molecular formula is C9H15N3O2. The Balaban J connectivity index is 3.05. The number of hydrogen-bond donors (Lipinski definition) is 1. The molecule has 0 aliphatic carbocycles. The highest BCUT2D eigenvalue weighted by Gasteiger charge is 2.24. The number of likely N-dealkylation sites (N-methyl/N-ethyl adjacent to an activating group) is 1. The summed E-state index contributed by atoms with van der Waals surface area (Å²) in [5.74, 6) is -0.881. The highest BCUT2D eigenvalue weighted by molar-refractivity contribution is 5.74. The summed E-state index contributed by atoms with van der Waals surface area (Å²) in [6, 6.07) is 1.12. The third-order valence-corrected chi connectivity index (χ3v) is 2.16. The number of aliphatic carboxylic acids is 1. The molecule has 1 unspecified atom stereocenters. The van der Waals surface area contributed by atoms with Crippen LogP contribution in [0.3, 0.4) is 0 Å². The second-order valence-corrected chi connectivity index (χ2v) is 3.54. The predicted molar refractivity (Wildman–Crippen MR) is 52.0 cm³/mol. The van der Waals surface area contributed by atoms with E-state index in [4.69, 9.17) is 5.11 Å². The lowest BCUT2D eigenvalue weighted by Crippen LogP contribution is -2.27. The molecule has 0 saturated heterocycles. The van der Waals surface area contributed by atoms with Crippen LogP contribution in [0, 0.1) is 6.92 Å². The van der Waals surface area contributed by atoms with Crippen LogP contribution in [0.5, 0.6) is 0 Å². The van der Waals surface area contributed by atoms with Gasteiger partial charge in [0.15, 0.2) is 6.04 Å². The Kier molecular flexibility index (Phi) is 2.90. The summed E-state index contributed by atoms with van der Waals surface area (Å²) in [5.41, 5.74) is 1.52. The van der Waals surface area contributed by atoms with E-state index >= 15 is 0 Å². The smallest absolute Gasteiger partial charge is 0.327 e. The number of rotatable bonds is 3. The molecule has 1 N–H and O–H groups in total. The third-order valence-electron chi connectivity index (χ3n) is 2.16. The maximum absolute atomic E-state index is 11.0. The lowest BCUT2D eigenvalue weighted by molar-refractivity contribution is -0.142. The first-order chi connectivity index (χ1) is 6.43. The summed E-state index contributed by atoms with van der Waals surface area (Å²) in [6.45, 7) is 1.89. The molecule has 0 spiro atoms. The Morgan fingerprint density at radius 3 is 2.50 bits per heavy atom. The average Bonchev–Trinajstić information content (AvgIpc) is 2.29. The van der Waals surface area contributed by atoms with Crippen LogP contribution in [0.15, 0.2) is 6.07 Å². The fourth-order valence-corrected chi connectivity index (χ4v) is 1.33. The highest BCUT2D eigenvalue weighted by Crippen LogP contribution is 2.17. The van der Waals surface area contributed by atoms with Gasteiger partial charge in [-0.3, -0.25) is 14.4 Å². The van der Waals surface area contributed by atoms with Crippen molar-refractivity contribution in [3.05, 3.63) is 17.5 Å². The molecule has 0 saturated carbocycles. The molecule has 1 aromatic heterocycles. The van der Waals surface area contributed by atoms with E-state index in [9.17, 15) is 4.79 Å². The van der Waals surface area contributed by atoms with Crippen LogP contribution >= 0.6 is 0 Å². The van der Waals surface area contributed by atoms with E-state index in [2.05, 4.69) is 5.10 Å². The van der Waals surface area contributed by atoms with Gasteiger partial charge in [-0.1, -0.05) is 0 Å². The number of nitrogens with zero attached hydrogens (tertiary/aromatic N) is 3. The fraction of sp³-hybridized carbons (Fsp3) is 0.556. The van der Waals surface area contributed by atoms with Gasteiger partial charge in [0.25, 0.3) is 0 Å². The topological polar surface area (TPSA) is 58.4 Å². The van der Waals surface area contributed by atoms with Crippen molar-refractivity contribution in [1.82, 2.24) is 14.7 Å². The van der Waals surface area contributed by atoms with Crippen molar-refractivity contribution in [1.29, 1.82) is 0 Å². The number of carboxylic acid groups (broad SMARTS) is 1. The fourth-order valence-electron chi connectivity index (χ4n) is 1.33. The number of carbonyl (C=O) groups is 1. The molecule has 1 aromatic rings. The summed E-state index contributed by atoms with van der Waals surface area (Å²) < 4.78 is 1.68. The van der Waals surface area contributed by atoms with Crippen LogP contribution in [0.4, 0.5) is 0 Å². The van der Waals surface area contributed by atoms with Crippen LogP contribution in [-0.4, -0.2) is 39.9 Å².